The van der Waals surface area contributed by atoms with Crippen molar-refractivity contribution in [3.8, 4) is 0 Å². The number of fused-ring (bicyclic) bond motifs is 1. The van der Waals surface area contributed by atoms with Crippen LogP contribution in [0.5, 0.6) is 0 Å². The number of rotatable bonds is 5. The van der Waals surface area contributed by atoms with Crippen LogP contribution in [0.15, 0.2) is 53.8 Å². The highest BCUT2D eigenvalue weighted by molar-refractivity contribution is 5.98. The number of guanidine groups is 1. The zero-order valence-electron chi connectivity index (χ0n) is 17.2. The molecule has 9 nitrogen and oxygen atoms in total. The number of carbonyl (C=O) groups excluding carboxylic acids is 1. The van der Waals surface area contributed by atoms with Gasteiger partial charge in [0.15, 0.2) is 5.96 Å². The van der Waals surface area contributed by atoms with Crippen molar-refractivity contribution in [2.75, 3.05) is 50.0 Å². The summed E-state index contributed by atoms with van der Waals surface area (Å²) in [6.45, 7) is 2.95. The van der Waals surface area contributed by atoms with Crippen molar-refractivity contribution < 1.29 is 4.79 Å². The third-order valence-electron chi connectivity index (χ3n) is 5.05. The summed E-state index contributed by atoms with van der Waals surface area (Å²) < 4.78 is 1.70. The van der Waals surface area contributed by atoms with Gasteiger partial charge in [0.25, 0.3) is 0 Å². The standard InChI is InChI=1S/C21H26N8O/c1-22-21(28-11-12-29(20(30)15-28)17-13-25-27(2)14-17)24-10-9-23-19-8-7-16-5-3-4-6-18(16)26-19/h3-8,13-14H,9-12,15H2,1-2H3,(H,22,24)(H,23,26). The van der Waals surface area contributed by atoms with Crippen LogP contribution in [0.2, 0.25) is 0 Å². The number of benzene rings is 1. The molecular formula is C21H26N8O. The number of piperazine rings is 1. The predicted molar refractivity (Wildman–Crippen MR) is 119 cm³/mol. The summed E-state index contributed by atoms with van der Waals surface area (Å²) in [5.74, 6) is 1.60. The molecule has 0 spiro atoms. The fraction of sp³-hybridized carbons (Fsp3) is 0.333. The number of carbonyl (C=O) groups is 1. The Balaban J connectivity index is 1.27. The van der Waals surface area contributed by atoms with Gasteiger partial charge in [-0.05, 0) is 18.2 Å². The van der Waals surface area contributed by atoms with E-state index in [1.807, 2.05) is 48.5 Å². The molecule has 2 N–H and O–H groups in total. The number of nitrogens with zero attached hydrogens (tertiary/aromatic N) is 6. The number of hydrogen-bond donors (Lipinski definition) is 2. The zero-order valence-corrected chi connectivity index (χ0v) is 17.2. The summed E-state index contributed by atoms with van der Waals surface area (Å²) >= 11 is 0. The summed E-state index contributed by atoms with van der Waals surface area (Å²) in [5.41, 5.74) is 1.80. The van der Waals surface area contributed by atoms with Crippen molar-refractivity contribution in [1.82, 2.24) is 25.0 Å². The minimum absolute atomic E-state index is 0.0377. The van der Waals surface area contributed by atoms with Gasteiger partial charge in [0.05, 0.1) is 17.4 Å². The van der Waals surface area contributed by atoms with E-state index in [2.05, 4.69) is 31.8 Å². The summed E-state index contributed by atoms with van der Waals surface area (Å²) in [5, 5.41) is 11.9. The maximum Gasteiger partial charge on any atom is 0.246 e. The van der Waals surface area contributed by atoms with E-state index in [9.17, 15) is 4.79 Å². The molecule has 3 heterocycles. The van der Waals surface area contributed by atoms with Crippen molar-refractivity contribution >= 4 is 34.3 Å². The van der Waals surface area contributed by atoms with Crippen molar-refractivity contribution in [1.29, 1.82) is 0 Å². The smallest absolute Gasteiger partial charge is 0.246 e. The highest BCUT2D eigenvalue weighted by Gasteiger charge is 2.27. The number of aliphatic imine (C=N–C) groups is 1. The normalized spacial score (nSPS) is 15.0. The highest BCUT2D eigenvalue weighted by Crippen LogP contribution is 2.16. The van der Waals surface area contributed by atoms with E-state index in [1.165, 1.54) is 0 Å². The van der Waals surface area contributed by atoms with Crippen LogP contribution in [0, 0.1) is 0 Å². The second kappa shape index (κ2) is 8.81. The number of para-hydroxylation sites is 1. The first-order chi connectivity index (χ1) is 14.6. The lowest BCUT2D eigenvalue weighted by molar-refractivity contribution is -0.120. The molecule has 1 aromatic carbocycles. The van der Waals surface area contributed by atoms with E-state index in [4.69, 9.17) is 0 Å². The molecule has 30 heavy (non-hydrogen) atoms. The lowest BCUT2D eigenvalue weighted by Gasteiger charge is -2.35. The number of hydrogen-bond acceptors (Lipinski definition) is 5. The van der Waals surface area contributed by atoms with Crippen molar-refractivity contribution in [2.45, 2.75) is 0 Å². The first-order valence-electron chi connectivity index (χ1n) is 9.98. The van der Waals surface area contributed by atoms with Crippen LogP contribution in [-0.4, -0.2) is 71.3 Å². The quantitative estimate of drug-likeness (QED) is 0.377. The van der Waals surface area contributed by atoms with Gasteiger partial charge in [-0.2, -0.15) is 5.10 Å². The third-order valence-corrected chi connectivity index (χ3v) is 5.05. The number of aromatic nitrogens is 3. The molecule has 1 aliphatic heterocycles. The summed E-state index contributed by atoms with van der Waals surface area (Å²) in [6, 6.07) is 12.1. The van der Waals surface area contributed by atoms with Gasteiger partial charge in [-0.1, -0.05) is 18.2 Å². The lowest BCUT2D eigenvalue weighted by Crippen LogP contribution is -2.55. The molecule has 0 bridgehead atoms. The molecule has 1 aliphatic rings. The van der Waals surface area contributed by atoms with E-state index >= 15 is 0 Å². The van der Waals surface area contributed by atoms with Gasteiger partial charge in [0.2, 0.25) is 5.91 Å². The molecule has 1 saturated heterocycles. The minimum atomic E-state index is 0.0377. The Morgan fingerprint density at radius 1 is 1.17 bits per heavy atom. The Bertz CT molecular complexity index is 1060. The van der Waals surface area contributed by atoms with Gasteiger partial charge < -0.3 is 20.4 Å². The minimum Gasteiger partial charge on any atom is -0.368 e. The Kier molecular flexibility index (Phi) is 5.78. The van der Waals surface area contributed by atoms with Gasteiger partial charge in [0.1, 0.15) is 12.4 Å². The Labute approximate surface area is 175 Å². The van der Waals surface area contributed by atoms with E-state index < -0.39 is 0 Å². The first-order valence-corrected chi connectivity index (χ1v) is 9.98. The second-order valence-electron chi connectivity index (χ2n) is 7.13. The second-order valence-corrected chi connectivity index (χ2v) is 7.13. The number of pyridine rings is 1. The maximum atomic E-state index is 12.6. The third kappa shape index (κ3) is 4.35. The molecule has 0 aliphatic carbocycles. The van der Waals surface area contributed by atoms with Crippen LogP contribution in [0.4, 0.5) is 11.5 Å². The molecule has 2 aromatic heterocycles. The predicted octanol–water partition coefficient (Wildman–Crippen LogP) is 1.30. The molecule has 3 aromatic rings. The number of nitrogens with one attached hydrogen (secondary N) is 2. The molecule has 4 rings (SSSR count). The topological polar surface area (TPSA) is 90.7 Å². The maximum absolute atomic E-state index is 12.6. The monoisotopic (exact) mass is 406 g/mol. The molecule has 0 unspecified atom stereocenters. The molecule has 156 valence electrons. The van der Waals surface area contributed by atoms with Crippen molar-refractivity contribution in [3.63, 3.8) is 0 Å². The van der Waals surface area contributed by atoms with Crippen molar-refractivity contribution in [3.05, 3.63) is 48.8 Å². The van der Waals surface area contributed by atoms with E-state index in [1.54, 1.807) is 22.8 Å². The summed E-state index contributed by atoms with van der Waals surface area (Å²) in [6.07, 6.45) is 3.57. The Hall–Kier alpha value is -3.62. The molecular weight excluding hydrogens is 380 g/mol. The van der Waals surface area contributed by atoms with Crippen LogP contribution in [-0.2, 0) is 11.8 Å². The fourth-order valence-electron chi connectivity index (χ4n) is 3.54. The fourth-order valence-corrected chi connectivity index (χ4v) is 3.54. The molecule has 0 radical (unpaired) electrons. The van der Waals surface area contributed by atoms with Gasteiger partial charge in [-0.25, -0.2) is 4.98 Å². The Morgan fingerprint density at radius 3 is 2.80 bits per heavy atom. The first kappa shape index (κ1) is 19.7. The van der Waals surface area contributed by atoms with Gasteiger partial charge >= 0.3 is 0 Å². The SMILES string of the molecule is CN=C(NCCNc1ccc2ccccc2n1)N1CCN(c2cnn(C)c2)C(=O)C1. The molecule has 1 fully saturated rings. The highest BCUT2D eigenvalue weighted by atomic mass is 16.2. The summed E-state index contributed by atoms with van der Waals surface area (Å²) in [4.78, 5) is 25.3. The van der Waals surface area contributed by atoms with Crippen LogP contribution >= 0.6 is 0 Å². The Morgan fingerprint density at radius 2 is 2.03 bits per heavy atom. The van der Waals surface area contributed by atoms with E-state index in [0.717, 1.165) is 28.4 Å². The largest absolute Gasteiger partial charge is 0.368 e. The number of aryl methyl sites for hydroxylation is 1. The number of amides is 1. The molecule has 9 heteroatoms. The zero-order chi connectivity index (χ0) is 20.9. The number of anilines is 2. The van der Waals surface area contributed by atoms with Crippen LogP contribution in [0.25, 0.3) is 10.9 Å². The van der Waals surface area contributed by atoms with Gasteiger partial charge in [-0.15, -0.1) is 0 Å². The van der Waals surface area contributed by atoms with E-state index in [0.29, 0.717) is 26.2 Å². The van der Waals surface area contributed by atoms with Crippen LogP contribution < -0.4 is 15.5 Å². The average Bonchev–Trinajstić information content (AvgIpc) is 3.19. The van der Waals surface area contributed by atoms with E-state index in [-0.39, 0.29) is 12.5 Å². The van der Waals surface area contributed by atoms with Crippen LogP contribution in [0.3, 0.4) is 0 Å². The van der Waals surface area contributed by atoms with Gasteiger partial charge in [0, 0.05) is 51.9 Å². The van der Waals surface area contributed by atoms with Gasteiger partial charge in [-0.3, -0.25) is 14.5 Å². The van der Waals surface area contributed by atoms with Crippen LogP contribution in [0.1, 0.15) is 0 Å². The van der Waals surface area contributed by atoms with Crippen molar-refractivity contribution in [2.24, 2.45) is 12.0 Å². The summed E-state index contributed by atoms with van der Waals surface area (Å²) in [7, 11) is 3.58. The average molecular weight is 406 g/mol. The molecule has 0 atom stereocenters. The molecule has 0 saturated carbocycles. The molecule has 1 amide bonds. The lowest BCUT2D eigenvalue weighted by atomic mass is 10.2.